The Kier molecular flexibility index (Phi) is 5.07. The first-order valence-corrected chi connectivity index (χ1v) is 9.87. The first-order valence-electron chi connectivity index (χ1n) is 8.88. The van der Waals surface area contributed by atoms with Crippen molar-refractivity contribution in [3.05, 3.63) is 72.2 Å². The lowest BCUT2D eigenvalue weighted by Gasteiger charge is -2.08. The van der Waals surface area contributed by atoms with Crippen molar-refractivity contribution in [3.63, 3.8) is 0 Å². The summed E-state index contributed by atoms with van der Waals surface area (Å²) in [4.78, 5) is 4.40. The minimum absolute atomic E-state index is 0.610. The lowest BCUT2D eigenvalue weighted by atomic mass is 10.1. The molecule has 0 radical (unpaired) electrons. The molecule has 4 aromatic rings. The van der Waals surface area contributed by atoms with Crippen molar-refractivity contribution in [2.45, 2.75) is 31.3 Å². The summed E-state index contributed by atoms with van der Waals surface area (Å²) in [6, 6.07) is 18.2. The average Bonchev–Trinajstić information content (AvgIpc) is 3.34. The van der Waals surface area contributed by atoms with E-state index in [1.54, 1.807) is 18.0 Å². The van der Waals surface area contributed by atoms with Crippen LogP contribution in [0.2, 0.25) is 0 Å². The second-order valence-corrected chi connectivity index (χ2v) is 7.08. The zero-order chi connectivity index (χ0) is 18.6. The van der Waals surface area contributed by atoms with Gasteiger partial charge in [0.1, 0.15) is 0 Å². The van der Waals surface area contributed by atoms with Gasteiger partial charge in [-0.25, -0.2) is 4.98 Å². The second-order valence-electron chi connectivity index (χ2n) is 6.14. The quantitative estimate of drug-likeness (QED) is 0.432. The van der Waals surface area contributed by atoms with E-state index in [9.17, 15) is 0 Å². The van der Waals surface area contributed by atoms with E-state index in [1.165, 1.54) is 5.56 Å². The van der Waals surface area contributed by atoms with Crippen LogP contribution in [0, 0.1) is 6.92 Å². The molecule has 0 atom stereocenters. The number of hydrogen-bond donors (Lipinski definition) is 0. The van der Waals surface area contributed by atoms with E-state index in [1.807, 2.05) is 42.5 Å². The van der Waals surface area contributed by atoms with Crippen molar-refractivity contribution < 1.29 is 4.42 Å². The molecule has 2 aromatic heterocycles. The molecule has 0 amide bonds. The molecular weight excluding hydrogens is 356 g/mol. The number of rotatable bonds is 6. The summed E-state index contributed by atoms with van der Waals surface area (Å²) in [7, 11) is 0. The fourth-order valence-corrected chi connectivity index (χ4v) is 3.80. The topological polar surface area (TPSA) is 56.7 Å². The van der Waals surface area contributed by atoms with Crippen LogP contribution >= 0.6 is 11.8 Å². The van der Waals surface area contributed by atoms with Gasteiger partial charge in [0.05, 0.1) is 11.9 Å². The molecular formula is C21H20N4OS. The fourth-order valence-electron chi connectivity index (χ4n) is 2.94. The van der Waals surface area contributed by atoms with E-state index in [2.05, 4.69) is 45.7 Å². The van der Waals surface area contributed by atoms with Crippen LogP contribution in [-0.4, -0.2) is 19.7 Å². The maximum absolute atomic E-state index is 5.89. The van der Waals surface area contributed by atoms with Crippen LogP contribution in [0.5, 0.6) is 0 Å². The number of aromatic nitrogens is 4. The number of hydrogen-bond acceptors (Lipinski definition) is 5. The first kappa shape index (κ1) is 17.5. The predicted octanol–water partition coefficient (Wildman–Crippen LogP) is 5.22. The van der Waals surface area contributed by atoms with Crippen LogP contribution in [0.1, 0.15) is 18.4 Å². The molecule has 4 rings (SSSR count). The highest BCUT2D eigenvalue weighted by Crippen LogP contribution is 2.29. The molecule has 2 heterocycles. The van der Waals surface area contributed by atoms with Gasteiger partial charge in [-0.2, -0.15) is 0 Å². The Hall–Kier alpha value is -2.86. The average molecular weight is 376 g/mol. The number of nitrogens with zero attached hydrogens (tertiary/aromatic N) is 4. The Morgan fingerprint density at radius 3 is 2.56 bits per heavy atom. The number of thioether (sulfide) groups is 1. The molecule has 0 N–H and O–H groups in total. The fraction of sp³-hybridized carbons (Fsp3) is 0.190. The Labute approximate surface area is 162 Å². The van der Waals surface area contributed by atoms with Crippen molar-refractivity contribution in [1.29, 1.82) is 0 Å². The Bertz CT molecular complexity index is 1040. The van der Waals surface area contributed by atoms with Crippen molar-refractivity contribution in [1.82, 2.24) is 19.7 Å². The van der Waals surface area contributed by atoms with Gasteiger partial charge in [0.15, 0.2) is 16.7 Å². The third kappa shape index (κ3) is 3.66. The molecule has 0 spiro atoms. The van der Waals surface area contributed by atoms with Crippen molar-refractivity contribution in [2.24, 2.45) is 0 Å². The summed E-state index contributed by atoms with van der Waals surface area (Å²) in [5, 5.41) is 9.69. The Morgan fingerprint density at radius 2 is 1.78 bits per heavy atom. The number of oxazole rings is 1. The van der Waals surface area contributed by atoms with Gasteiger partial charge in [0.2, 0.25) is 5.89 Å². The molecule has 0 saturated heterocycles. The van der Waals surface area contributed by atoms with Gasteiger partial charge < -0.3 is 8.98 Å². The van der Waals surface area contributed by atoms with Gasteiger partial charge in [-0.15, -0.1) is 10.2 Å². The highest BCUT2D eigenvalue weighted by Gasteiger charge is 2.15. The monoisotopic (exact) mass is 376 g/mol. The van der Waals surface area contributed by atoms with Crippen molar-refractivity contribution in [2.75, 3.05) is 0 Å². The van der Waals surface area contributed by atoms with E-state index in [0.717, 1.165) is 34.4 Å². The summed E-state index contributed by atoms with van der Waals surface area (Å²) in [5.74, 6) is 2.97. The third-order valence-electron chi connectivity index (χ3n) is 4.36. The molecule has 5 nitrogen and oxygen atoms in total. The van der Waals surface area contributed by atoms with Crippen molar-refractivity contribution >= 4 is 11.8 Å². The summed E-state index contributed by atoms with van der Waals surface area (Å²) >= 11 is 1.59. The van der Waals surface area contributed by atoms with E-state index >= 15 is 0 Å². The number of aryl methyl sites for hydroxylation is 1. The molecule has 0 unspecified atom stereocenters. The van der Waals surface area contributed by atoms with Crippen LogP contribution in [0.3, 0.4) is 0 Å². The van der Waals surface area contributed by atoms with Gasteiger partial charge in [0.25, 0.3) is 0 Å². The predicted molar refractivity (Wildman–Crippen MR) is 107 cm³/mol. The molecule has 0 bridgehead atoms. The summed E-state index contributed by atoms with van der Waals surface area (Å²) in [5.41, 5.74) is 3.33. The lowest BCUT2D eigenvalue weighted by molar-refractivity contribution is 0.529. The smallest absolute Gasteiger partial charge is 0.205 e. The summed E-state index contributed by atoms with van der Waals surface area (Å²) in [6.07, 6.45) is 1.77. The summed E-state index contributed by atoms with van der Waals surface area (Å²) in [6.45, 7) is 5.00. The zero-order valence-electron chi connectivity index (χ0n) is 15.3. The minimum Gasteiger partial charge on any atom is -0.440 e. The molecule has 0 aliphatic carbocycles. The molecule has 0 aliphatic heterocycles. The largest absolute Gasteiger partial charge is 0.440 e. The number of benzene rings is 2. The zero-order valence-corrected chi connectivity index (χ0v) is 16.1. The molecule has 0 fully saturated rings. The van der Waals surface area contributed by atoms with E-state index < -0.39 is 0 Å². The van der Waals surface area contributed by atoms with Gasteiger partial charge in [-0.05, 0) is 19.4 Å². The Balaban J connectivity index is 1.53. The first-order chi connectivity index (χ1) is 13.3. The van der Waals surface area contributed by atoms with Gasteiger partial charge in [-0.1, -0.05) is 66.4 Å². The normalized spacial score (nSPS) is 11.0. The second kappa shape index (κ2) is 7.80. The van der Waals surface area contributed by atoms with Crippen LogP contribution in [-0.2, 0) is 12.3 Å². The molecule has 0 aliphatic rings. The van der Waals surface area contributed by atoms with Crippen LogP contribution in [0.25, 0.3) is 22.7 Å². The van der Waals surface area contributed by atoms with Gasteiger partial charge in [0, 0.05) is 17.7 Å². The van der Waals surface area contributed by atoms with E-state index in [0.29, 0.717) is 11.6 Å². The van der Waals surface area contributed by atoms with Crippen LogP contribution in [0.4, 0.5) is 0 Å². The molecule has 6 heteroatoms. The summed E-state index contributed by atoms with van der Waals surface area (Å²) < 4.78 is 8.02. The van der Waals surface area contributed by atoms with Gasteiger partial charge in [-0.3, -0.25) is 0 Å². The third-order valence-corrected chi connectivity index (χ3v) is 5.31. The standard InChI is InChI=1S/C21H20N4OS/c1-3-25-20(17-12-8-7-9-15(17)2)23-24-21(25)27-14-19-22-13-18(26-19)16-10-5-4-6-11-16/h4-13H,3,14H2,1-2H3. The minimum atomic E-state index is 0.610. The molecule has 2 aromatic carbocycles. The van der Waals surface area contributed by atoms with E-state index in [-0.39, 0.29) is 0 Å². The van der Waals surface area contributed by atoms with Crippen molar-refractivity contribution in [3.8, 4) is 22.7 Å². The lowest BCUT2D eigenvalue weighted by Crippen LogP contribution is -2.00. The molecule has 27 heavy (non-hydrogen) atoms. The maximum atomic E-state index is 5.89. The van der Waals surface area contributed by atoms with E-state index in [4.69, 9.17) is 4.42 Å². The van der Waals surface area contributed by atoms with Gasteiger partial charge >= 0.3 is 0 Å². The van der Waals surface area contributed by atoms with Crippen LogP contribution in [0.15, 0.2) is 70.4 Å². The highest BCUT2D eigenvalue weighted by molar-refractivity contribution is 7.98. The maximum Gasteiger partial charge on any atom is 0.205 e. The SMILES string of the molecule is CCn1c(SCc2ncc(-c3ccccc3)o2)nnc1-c1ccccc1C. The highest BCUT2D eigenvalue weighted by atomic mass is 32.2. The molecule has 136 valence electrons. The molecule has 0 saturated carbocycles. The van der Waals surface area contributed by atoms with Crippen LogP contribution < -0.4 is 0 Å². The Morgan fingerprint density at radius 1 is 1.00 bits per heavy atom.